The Labute approximate surface area is 106 Å². The van der Waals surface area contributed by atoms with E-state index in [-0.39, 0.29) is 0 Å². The van der Waals surface area contributed by atoms with Crippen LogP contribution in [0.3, 0.4) is 0 Å². The van der Waals surface area contributed by atoms with Crippen molar-refractivity contribution in [2.24, 2.45) is 4.99 Å². The first-order valence-electron chi connectivity index (χ1n) is 6.03. The first-order chi connectivity index (χ1) is 8.33. The number of nitrogens with zero attached hydrogens (tertiary/aromatic N) is 4. The number of hydrogen-bond acceptors (Lipinski definition) is 5. The van der Waals surface area contributed by atoms with Crippen LogP contribution >= 0.6 is 11.8 Å². The summed E-state index contributed by atoms with van der Waals surface area (Å²) in [6, 6.07) is 1.94. The van der Waals surface area contributed by atoms with Gasteiger partial charge >= 0.3 is 0 Å². The third-order valence-corrected chi connectivity index (χ3v) is 3.73. The van der Waals surface area contributed by atoms with E-state index in [1.165, 1.54) is 0 Å². The Hall–Kier alpha value is -1.01. The van der Waals surface area contributed by atoms with E-state index in [1.54, 1.807) is 18.0 Å². The molecular weight excluding hydrogens is 234 g/mol. The molecule has 17 heavy (non-hydrogen) atoms. The average Bonchev–Trinajstić information content (AvgIpc) is 2.82. The Kier molecular flexibility index (Phi) is 4.44. The van der Waals surface area contributed by atoms with Gasteiger partial charge in [-0.3, -0.25) is 0 Å². The molecule has 0 spiro atoms. The van der Waals surface area contributed by atoms with E-state index in [0.29, 0.717) is 0 Å². The lowest BCUT2D eigenvalue weighted by molar-refractivity contribution is 0.324. The van der Waals surface area contributed by atoms with E-state index in [0.717, 1.165) is 43.0 Å². The SMILES string of the molecule is CCN(CC)CCSC1=Nc2ccnn2CN1. The Morgan fingerprint density at radius 3 is 3.06 bits per heavy atom. The molecule has 0 aliphatic carbocycles. The molecule has 0 saturated heterocycles. The van der Waals surface area contributed by atoms with E-state index in [4.69, 9.17) is 0 Å². The molecule has 2 rings (SSSR count). The predicted molar refractivity (Wildman–Crippen MR) is 72.7 cm³/mol. The van der Waals surface area contributed by atoms with Gasteiger partial charge in [-0.2, -0.15) is 5.10 Å². The van der Waals surface area contributed by atoms with Gasteiger partial charge < -0.3 is 10.2 Å². The number of amidine groups is 1. The van der Waals surface area contributed by atoms with E-state index < -0.39 is 0 Å². The van der Waals surface area contributed by atoms with Crippen LogP contribution in [0.5, 0.6) is 0 Å². The first-order valence-corrected chi connectivity index (χ1v) is 7.01. The summed E-state index contributed by atoms with van der Waals surface area (Å²) in [7, 11) is 0. The van der Waals surface area contributed by atoms with Gasteiger partial charge in [0.1, 0.15) is 6.67 Å². The molecular formula is C11H19N5S. The molecule has 94 valence electrons. The third kappa shape index (κ3) is 3.23. The van der Waals surface area contributed by atoms with Crippen LogP contribution in [-0.4, -0.2) is 45.2 Å². The lowest BCUT2D eigenvalue weighted by Gasteiger charge is -2.19. The van der Waals surface area contributed by atoms with E-state index in [9.17, 15) is 0 Å². The summed E-state index contributed by atoms with van der Waals surface area (Å²) in [6.45, 7) is 8.46. The van der Waals surface area contributed by atoms with Crippen molar-refractivity contribution in [1.29, 1.82) is 0 Å². The summed E-state index contributed by atoms with van der Waals surface area (Å²) in [5, 5.41) is 8.43. The summed E-state index contributed by atoms with van der Waals surface area (Å²) in [4.78, 5) is 6.92. The smallest absolute Gasteiger partial charge is 0.164 e. The minimum absolute atomic E-state index is 0.722. The van der Waals surface area contributed by atoms with Crippen molar-refractivity contribution in [2.45, 2.75) is 20.5 Å². The maximum absolute atomic E-state index is 4.50. The van der Waals surface area contributed by atoms with Crippen LogP contribution in [0.25, 0.3) is 0 Å². The molecule has 1 N–H and O–H groups in total. The van der Waals surface area contributed by atoms with Gasteiger partial charge in [0.2, 0.25) is 0 Å². The average molecular weight is 253 g/mol. The maximum atomic E-state index is 4.50. The number of fused-ring (bicyclic) bond motifs is 1. The molecule has 0 bridgehead atoms. The van der Waals surface area contributed by atoms with Gasteiger partial charge in [0.05, 0.1) is 6.20 Å². The minimum atomic E-state index is 0.722. The molecule has 1 aromatic heterocycles. The summed E-state index contributed by atoms with van der Waals surface area (Å²) in [5.41, 5.74) is 0. The van der Waals surface area contributed by atoms with Crippen LogP contribution in [-0.2, 0) is 6.67 Å². The fraction of sp³-hybridized carbons (Fsp3) is 0.636. The van der Waals surface area contributed by atoms with Crippen LogP contribution in [0.1, 0.15) is 13.8 Å². The molecule has 1 aliphatic heterocycles. The van der Waals surface area contributed by atoms with Crippen LogP contribution in [0, 0.1) is 0 Å². The predicted octanol–water partition coefficient (Wildman–Crippen LogP) is 1.51. The van der Waals surface area contributed by atoms with Crippen molar-refractivity contribution >= 4 is 22.7 Å². The lowest BCUT2D eigenvalue weighted by Crippen LogP contribution is -2.30. The van der Waals surface area contributed by atoms with Crippen LogP contribution in [0.4, 0.5) is 5.82 Å². The molecule has 0 unspecified atom stereocenters. The Morgan fingerprint density at radius 2 is 2.29 bits per heavy atom. The van der Waals surface area contributed by atoms with E-state index >= 15 is 0 Å². The molecule has 0 aromatic carbocycles. The molecule has 6 heteroatoms. The molecule has 0 fully saturated rings. The molecule has 1 aromatic rings. The van der Waals surface area contributed by atoms with Gasteiger partial charge in [0.25, 0.3) is 0 Å². The number of rotatable bonds is 5. The maximum Gasteiger partial charge on any atom is 0.164 e. The van der Waals surface area contributed by atoms with Crippen molar-refractivity contribution in [1.82, 2.24) is 20.0 Å². The van der Waals surface area contributed by atoms with Crippen molar-refractivity contribution in [3.63, 3.8) is 0 Å². The monoisotopic (exact) mass is 253 g/mol. The zero-order chi connectivity index (χ0) is 12.1. The molecule has 2 heterocycles. The Morgan fingerprint density at radius 1 is 1.47 bits per heavy atom. The zero-order valence-corrected chi connectivity index (χ0v) is 11.2. The van der Waals surface area contributed by atoms with Crippen molar-refractivity contribution in [2.75, 3.05) is 25.4 Å². The van der Waals surface area contributed by atoms with E-state index in [1.807, 2.05) is 10.7 Å². The quantitative estimate of drug-likeness (QED) is 0.864. The van der Waals surface area contributed by atoms with Gasteiger partial charge in [-0.15, -0.1) is 0 Å². The van der Waals surface area contributed by atoms with Crippen LogP contribution in [0.2, 0.25) is 0 Å². The Balaban J connectivity index is 1.81. The van der Waals surface area contributed by atoms with Gasteiger partial charge in [0.15, 0.2) is 11.0 Å². The number of nitrogens with one attached hydrogen (secondary N) is 1. The molecule has 0 saturated carbocycles. The van der Waals surface area contributed by atoms with Crippen molar-refractivity contribution in [3.05, 3.63) is 12.3 Å². The zero-order valence-electron chi connectivity index (χ0n) is 10.4. The molecule has 0 atom stereocenters. The highest BCUT2D eigenvalue weighted by molar-refractivity contribution is 8.13. The summed E-state index contributed by atoms with van der Waals surface area (Å²) < 4.78 is 1.86. The van der Waals surface area contributed by atoms with Gasteiger partial charge in [-0.1, -0.05) is 25.6 Å². The second-order valence-electron chi connectivity index (χ2n) is 3.82. The molecule has 0 amide bonds. The second kappa shape index (κ2) is 6.07. The molecule has 0 radical (unpaired) electrons. The first kappa shape index (κ1) is 12.4. The van der Waals surface area contributed by atoms with Gasteiger partial charge in [-0.25, -0.2) is 9.67 Å². The van der Waals surface area contributed by atoms with Gasteiger partial charge in [0, 0.05) is 18.4 Å². The van der Waals surface area contributed by atoms with Gasteiger partial charge in [-0.05, 0) is 13.1 Å². The highest BCUT2D eigenvalue weighted by Crippen LogP contribution is 2.17. The second-order valence-corrected chi connectivity index (χ2v) is 4.90. The molecule has 5 nitrogen and oxygen atoms in total. The van der Waals surface area contributed by atoms with Crippen LogP contribution < -0.4 is 5.32 Å². The van der Waals surface area contributed by atoms with E-state index in [2.05, 4.69) is 34.2 Å². The highest BCUT2D eigenvalue weighted by Gasteiger charge is 2.11. The standard InChI is InChI=1S/C11H19N5S/c1-3-15(4-2)7-8-17-11-12-9-16-10(14-11)5-6-13-16/h5-6H,3-4,7-9H2,1-2H3,(H,12,14). The lowest BCUT2D eigenvalue weighted by atomic mass is 10.5. The number of hydrogen-bond donors (Lipinski definition) is 1. The highest BCUT2D eigenvalue weighted by atomic mass is 32.2. The van der Waals surface area contributed by atoms with Crippen molar-refractivity contribution in [3.8, 4) is 0 Å². The van der Waals surface area contributed by atoms with Crippen LogP contribution in [0.15, 0.2) is 17.3 Å². The summed E-state index contributed by atoms with van der Waals surface area (Å²) >= 11 is 1.78. The van der Waals surface area contributed by atoms with Crippen molar-refractivity contribution < 1.29 is 0 Å². The largest absolute Gasteiger partial charge is 0.345 e. The molecule has 1 aliphatic rings. The number of aliphatic imine (C=N–C) groups is 1. The topological polar surface area (TPSA) is 45.5 Å². The fourth-order valence-corrected chi connectivity index (χ4v) is 2.59. The normalized spacial score (nSPS) is 14.4. The summed E-state index contributed by atoms with van der Waals surface area (Å²) in [5.74, 6) is 2.01. The Bertz CT molecular complexity index is 383. The summed E-state index contributed by atoms with van der Waals surface area (Å²) in [6.07, 6.45) is 1.78. The third-order valence-electron chi connectivity index (χ3n) is 2.83. The number of aromatic nitrogens is 2. The number of thioether (sulfide) groups is 1. The minimum Gasteiger partial charge on any atom is -0.345 e. The fourth-order valence-electron chi connectivity index (χ4n) is 1.72.